The third-order valence-electron chi connectivity index (χ3n) is 4.95. The molecule has 1 N–H and O–H groups in total. The number of carbonyl (C=O) groups excluding carboxylic acids is 3. The van der Waals surface area contributed by atoms with Gasteiger partial charge in [-0.15, -0.1) is 5.10 Å². The minimum absolute atomic E-state index is 0.134. The molecule has 3 amide bonds. The number of amides is 3. The molecule has 9 heteroatoms. The first-order chi connectivity index (χ1) is 13.5. The van der Waals surface area contributed by atoms with E-state index in [0.717, 1.165) is 28.7 Å². The van der Waals surface area contributed by atoms with Crippen molar-refractivity contribution in [2.75, 3.05) is 13.1 Å². The summed E-state index contributed by atoms with van der Waals surface area (Å²) in [5.74, 6) is -0.252. The lowest BCUT2D eigenvalue weighted by Gasteiger charge is -2.13. The molecular formula is C19H20BrN5O3. The Morgan fingerprint density at radius 3 is 2.46 bits per heavy atom. The summed E-state index contributed by atoms with van der Waals surface area (Å²) < 4.78 is 2.71. The smallest absolute Gasteiger partial charge is 0.273 e. The molecule has 1 aliphatic heterocycles. The fraction of sp³-hybridized carbons (Fsp3) is 0.421. The van der Waals surface area contributed by atoms with Crippen LogP contribution in [0.25, 0.3) is 5.69 Å². The van der Waals surface area contributed by atoms with Gasteiger partial charge in [0.15, 0.2) is 5.69 Å². The first-order valence-corrected chi connectivity index (χ1v) is 10.2. The van der Waals surface area contributed by atoms with E-state index in [0.29, 0.717) is 31.1 Å². The Kier molecular flexibility index (Phi) is 5.25. The number of imide groups is 1. The predicted octanol–water partition coefficient (Wildman–Crippen LogP) is 2.18. The van der Waals surface area contributed by atoms with E-state index < -0.39 is 0 Å². The first kappa shape index (κ1) is 18.8. The van der Waals surface area contributed by atoms with Gasteiger partial charge in [0.1, 0.15) is 0 Å². The molecule has 1 saturated carbocycles. The van der Waals surface area contributed by atoms with E-state index in [1.54, 1.807) is 4.68 Å². The van der Waals surface area contributed by atoms with Crippen LogP contribution in [0.15, 0.2) is 28.7 Å². The second-order valence-corrected chi connectivity index (χ2v) is 7.95. The molecule has 0 spiro atoms. The highest BCUT2D eigenvalue weighted by atomic mass is 79.9. The zero-order valence-electron chi connectivity index (χ0n) is 15.2. The summed E-state index contributed by atoms with van der Waals surface area (Å²) >= 11 is 3.42. The highest BCUT2D eigenvalue weighted by molar-refractivity contribution is 9.10. The summed E-state index contributed by atoms with van der Waals surface area (Å²) in [6, 6.07) is 7.70. The van der Waals surface area contributed by atoms with Gasteiger partial charge in [-0.1, -0.05) is 21.1 Å². The van der Waals surface area contributed by atoms with Gasteiger partial charge in [-0.05, 0) is 43.5 Å². The molecular weight excluding hydrogens is 426 g/mol. The molecule has 2 heterocycles. The standard InChI is InChI=1S/C19H20BrN5O3/c20-13-4-6-14(7-5-13)25-18(12-2-3-12)17(22-23-25)19(28)21-10-1-11-24-15(26)8-9-16(24)27/h4-7,12H,1-3,8-11H2,(H,21,28). The highest BCUT2D eigenvalue weighted by Gasteiger charge is 2.34. The van der Waals surface area contributed by atoms with Gasteiger partial charge in [0.05, 0.1) is 11.4 Å². The van der Waals surface area contributed by atoms with Gasteiger partial charge in [0.25, 0.3) is 5.91 Å². The molecule has 0 atom stereocenters. The van der Waals surface area contributed by atoms with Gasteiger partial charge in [0, 0.05) is 36.3 Å². The molecule has 0 radical (unpaired) electrons. The van der Waals surface area contributed by atoms with Gasteiger partial charge in [-0.3, -0.25) is 19.3 Å². The first-order valence-electron chi connectivity index (χ1n) is 9.37. The van der Waals surface area contributed by atoms with Crippen LogP contribution in [0, 0.1) is 0 Å². The molecule has 1 aromatic carbocycles. The number of carbonyl (C=O) groups is 3. The van der Waals surface area contributed by atoms with Crippen LogP contribution in [-0.2, 0) is 9.59 Å². The Labute approximate surface area is 170 Å². The number of aromatic nitrogens is 3. The lowest BCUT2D eigenvalue weighted by Crippen LogP contribution is -2.33. The van der Waals surface area contributed by atoms with Crippen molar-refractivity contribution < 1.29 is 14.4 Å². The number of rotatable bonds is 7. The average molecular weight is 446 g/mol. The Hall–Kier alpha value is -2.55. The predicted molar refractivity (Wildman–Crippen MR) is 104 cm³/mol. The minimum Gasteiger partial charge on any atom is -0.351 e. The van der Waals surface area contributed by atoms with Crippen LogP contribution in [0.1, 0.15) is 54.2 Å². The van der Waals surface area contributed by atoms with Gasteiger partial charge in [-0.25, -0.2) is 4.68 Å². The molecule has 2 aromatic rings. The molecule has 28 heavy (non-hydrogen) atoms. The van der Waals surface area contributed by atoms with Gasteiger partial charge >= 0.3 is 0 Å². The van der Waals surface area contributed by atoms with E-state index in [-0.39, 0.29) is 30.6 Å². The van der Waals surface area contributed by atoms with E-state index in [9.17, 15) is 14.4 Å². The summed E-state index contributed by atoms with van der Waals surface area (Å²) in [7, 11) is 0. The number of benzene rings is 1. The maximum absolute atomic E-state index is 12.6. The molecule has 0 unspecified atom stereocenters. The number of halogens is 1. The molecule has 146 valence electrons. The summed E-state index contributed by atoms with van der Waals surface area (Å²) in [4.78, 5) is 37.1. The number of nitrogens with one attached hydrogen (secondary N) is 1. The van der Waals surface area contributed by atoms with Crippen molar-refractivity contribution in [2.45, 2.75) is 38.0 Å². The Morgan fingerprint density at radius 2 is 1.82 bits per heavy atom. The Balaban J connectivity index is 1.41. The van der Waals surface area contributed by atoms with Crippen molar-refractivity contribution in [3.63, 3.8) is 0 Å². The van der Waals surface area contributed by atoms with E-state index in [1.807, 2.05) is 24.3 Å². The molecule has 8 nitrogen and oxygen atoms in total. The molecule has 0 bridgehead atoms. The largest absolute Gasteiger partial charge is 0.351 e. The van der Waals surface area contributed by atoms with Gasteiger partial charge in [-0.2, -0.15) is 0 Å². The van der Waals surface area contributed by atoms with E-state index >= 15 is 0 Å². The molecule has 2 aliphatic rings. The van der Waals surface area contributed by atoms with Crippen molar-refractivity contribution >= 4 is 33.7 Å². The van der Waals surface area contributed by atoms with Crippen molar-refractivity contribution in [2.24, 2.45) is 0 Å². The van der Waals surface area contributed by atoms with Gasteiger partial charge < -0.3 is 5.32 Å². The van der Waals surface area contributed by atoms with Crippen LogP contribution in [0.3, 0.4) is 0 Å². The normalized spacial score (nSPS) is 16.7. The molecule has 1 saturated heterocycles. The quantitative estimate of drug-likeness (QED) is 0.520. The molecule has 2 fully saturated rings. The van der Waals surface area contributed by atoms with Crippen LogP contribution in [0.5, 0.6) is 0 Å². The monoisotopic (exact) mass is 445 g/mol. The fourth-order valence-electron chi connectivity index (χ4n) is 3.34. The summed E-state index contributed by atoms with van der Waals surface area (Å²) in [5.41, 5.74) is 2.05. The van der Waals surface area contributed by atoms with Crippen molar-refractivity contribution in [1.29, 1.82) is 0 Å². The zero-order chi connectivity index (χ0) is 19.7. The highest BCUT2D eigenvalue weighted by Crippen LogP contribution is 2.42. The van der Waals surface area contributed by atoms with Crippen LogP contribution in [0.2, 0.25) is 0 Å². The minimum atomic E-state index is -0.274. The number of hydrogen-bond donors (Lipinski definition) is 1. The van der Waals surface area contributed by atoms with Crippen molar-refractivity contribution in [3.05, 3.63) is 40.1 Å². The number of likely N-dealkylation sites (tertiary alicyclic amines) is 1. The third-order valence-corrected chi connectivity index (χ3v) is 5.48. The molecule has 4 rings (SSSR count). The summed E-state index contributed by atoms with van der Waals surface area (Å²) in [6.07, 6.45) is 3.12. The lowest BCUT2D eigenvalue weighted by atomic mass is 10.2. The number of nitrogens with zero attached hydrogens (tertiary/aromatic N) is 4. The second kappa shape index (κ2) is 7.83. The van der Waals surface area contributed by atoms with Crippen LogP contribution in [-0.4, -0.2) is 50.7 Å². The number of hydrogen-bond acceptors (Lipinski definition) is 5. The van der Waals surface area contributed by atoms with Crippen LogP contribution in [0.4, 0.5) is 0 Å². The Bertz CT molecular complexity index is 904. The third kappa shape index (κ3) is 3.84. The lowest BCUT2D eigenvalue weighted by molar-refractivity contribution is -0.138. The second-order valence-electron chi connectivity index (χ2n) is 7.03. The zero-order valence-corrected chi connectivity index (χ0v) is 16.8. The molecule has 1 aromatic heterocycles. The van der Waals surface area contributed by atoms with E-state index in [1.165, 1.54) is 4.90 Å². The van der Waals surface area contributed by atoms with Crippen molar-refractivity contribution in [1.82, 2.24) is 25.2 Å². The summed E-state index contributed by atoms with van der Waals surface area (Å²) in [5, 5.41) is 11.2. The maximum Gasteiger partial charge on any atom is 0.273 e. The molecule has 1 aliphatic carbocycles. The fourth-order valence-corrected chi connectivity index (χ4v) is 3.61. The Morgan fingerprint density at radius 1 is 1.14 bits per heavy atom. The SMILES string of the molecule is O=C(NCCCN1C(=O)CCC1=O)c1nnn(-c2ccc(Br)cc2)c1C1CC1. The van der Waals surface area contributed by atoms with E-state index in [4.69, 9.17) is 0 Å². The van der Waals surface area contributed by atoms with Crippen molar-refractivity contribution in [3.8, 4) is 5.69 Å². The topological polar surface area (TPSA) is 97.2 Å². The average Bonchev–Trinajstić information content (AvgIpc) is 3.35. The van der Waals surface area contributed by atoms with E-state index in [2.05, 4.69) is 31.6 Å². The van der Waals surface area contributed by atoms with Crippen LogP contribution < -0.4 is 5.32 Å². The maximum atomic E-state index is 12.6. The van der Waals surface area contributed by atoms with Crippen LogP contribution >= 0.6 is 15.9 Å². The van der Waals surface area contributed by atoms with Gasteiger partial charge in [0.2, 0.25) is 11.8 Å². The summed E-state index contributed by atoms with van der Waals surface area (Å²) in [6.45, 7) is 0.699.